The molecule has 0 saturated heterocycles. The van der Waals surface area contributed by atoms with Crippen molar-refractivity contribution in [2.45, 2.75) is 56.4 Å². The van der Waals surface area contributed by atoms with Gasteiger partial charge in [0.15, 0.2) is 0 Å². The molecule has 2 saturated carbocycles. The van der Waals surface area contributed by atoms with Crippen molar-refractivity contribution in [1.82, 2.24) is 30.4 Å². The lowest BCUT2D eigenvalue weighted by atomic mass is 9.81. The number of rotatable bonds is 4. The molecule has 2 aromatic rings. The SMILES string of the molecule is O=C(Nc1nnc(C2CC2)s1)C1(n2cnnn2)CCCCC1. The molecule has 116 valence electrons. The summed E-state index contributed by atoms with van der Waals surface area (Å²) in [4.78, 5) is 12.9. The van der Waals surface area contributed by atoms with Crippen LogP contribution in [0.5, 0.6) is 0 Å². The van der Waals surface area contributed by atoms with Gasteiger partial charge in [0.25, 0.3) is 5.91 Å². The summed E-state index contributed by atoms with van der Waals surface area (Å²) >= 11 is 1.48. The monoisotopic (exact) mass is 319 g/mol. The van der Waals surface area contributed by atoms with Crippen molar-refractivity contribution in [2.75, 3.05) is 5.32 Å². The second-order valence-corrected chi connectivity index (χ2v) is 7.03. The molecule has 8 nitrogen and oxygen atoms in total. The van der Waals surface area contributed by atoms with Gasteiger partial charge in [-0.15, -0.1) is 15.3 Å². The quantitative estimate of drug-likeness (QED) is 0.921. The van der Waals surface area contributed by atoms with Gasteiger partial charge in [0.2, 0.25) is 5.13 Å². The van der Waals surface area contributed by atoms with E-state index < -0.39 is 5.54 Å². The fourth-order valence-electron chi connectivity index (χ4n) is 3.05. The average molecular weight is 319 g/mol. The highest BCUT2D eigenvalue weighted by atomic mass is 32.1. The number of carbonyl (C=O) groups excluding carboxylic acids is 1. The molecule has 2 aromatic heterocycles. The van der Waals surface area contributed by atoms with Crippen LogP contribution in [0.1, 0.15) is 55.9 Å². The molecule has 4 rings (SSSR count). The minimum Gasteiger partial charge on any atom is -0.298 e. The number of nitrogens with one attached hydrogen (secondary N) is 1. The molecule has 2 aliphatic carbocycles. The minimum absolute atomic E-state index is 0.0852. The van der Waals surface area contributed by atoms with Gasteiger partial charge in [-0.2, -0.15) is 0 Å². The highest BCUT2D eigenvalue weighted by Crippen LogP contribution is 2.42. The van der Waals surface area contributed by atoms with Crippen LogP contribution in [-0.2, 0) is 10.3 Å². The van der Waals surface area contributed by atoms with Crippen molar-refractivity contribution in [3.8, 4) is 0 Å². The summed E-state index contributed by atoms with van der Waals surface area (Å²) in [5.74, 6) is 0.462. The first kappa shape index (κ1) is 13.7. The lowest BCUT2D eigenvalue weighted by molar-refractivity contribution is -0.126. The summed E-state index contributed by atoms with van der Waals surface area (Å²) in [6.07, 6.45) is 8.51. The third-order valence-electron chi connectivity index (χ3n) is 4.48. The molecule has 0 aliphatic heterocycles. The van der Waals surface area contributed by atoms with E-state index in [0.717, 1.165) is 37.1 Å². The van der Waals surface area contributed by atoms with Crippen LogP contribution in [0.25, 0.3) is 0 Å². The minimum atomic E-state index is -0.701. The van der Waals surface area contributed by atoms with E-state index in [2.05, 4.69) is 31.0 Å². The Kier molecular flexibility index (Phi) is 3.36. The number of aromatic nitrogens is 6. The van der Waals surface area contributed by atoms with Gasteiger partial charge in [0.05, 0.1) is 0 Å². The van der Waals surface area contributed by atoms with Crippen molar-refractivity contribution >= 4 is 22.4 Å². The maximum atomic E-state index is 12.9. The van der Waals surface area contributed by atoms with Crippen molar-refractivity contribution in [3.05, 3.63) is 11.3 Å². The summed E-state index contributed by atoms with van der Waals surface area (Å²) in [6.45, 7) is 0. The Hall–Kier alpha value is -1.90. The molecule has 22 heavy (non-hydrogen) atoms. The van der Waals surface area contributed by atoms with Gasteiger partial charge in [-0.3, -0.25) is 10.1 Å². The molecule has 1 N–H and O–H groups in total. The maximum absolute atomic E-state index is 12.9. The lowest BCUT2D eigenvalue weighted by Gasteiger charge is -2.34. The molecule has 0 aromatic carbocycles. The normalized spacial score (nSPS) is 20.7. The van der Waals surface area contributed by atoms with E-state index in [4.69, 9.17) is 0 Å². The molecule has 1 amide bonds. The van der Waals surface area contributed by atoms with Crippen LogP contribution in [-0.4, -0.2) is 36.3 Å². The van der Waals surface area contributed by atoms with Crippen molar-refractivity contribution in [3.63, 3.8) is 0 Å². The van der Waals surface area contributed by atoms with E-state index in [-0.39, 0.29) is 5.91 Å². The Balaban J connectivity index is 1.57. The van der Waals surface area contributed by atoms with Crippen LogP contribution in [0.3, 0.4) is 0 Å². The Labute approximate surface area is 131 Å². The average Bonchev–Trinajstić information content (AvgIpc) is 3.05. The van der Waals surface area contributed by atoms with Crippen molar-refractivity contribution < 1.29 is 4.79 Å². The highest BCUT2D eigenvalue weighted by Gasteiger charge is 2.43. The summed E-state index contributed by atoms with van der Waals surface area (Å²) in [6, 6.07) is 0. The topological polar surface area (TPSA) is 98.5 Å². The van der Waals surface area contributed by atoms with E-state index >= 15 is 0 Å². The van der Waals surface area contributed by atoms with E-state index in [1.807, 2.05) is 0 Å². The number of nitrogens with zero attached hydrogens (tertiary/aromatic N) is 6. The maximum Gasteiger partial charge on any atom is 0.254 e. The van der Waals surface area contributed by atoms with Crippen LogP contribution in [0.2, 0.25) is 0 Å². The molecule has 0 radical (unpaired) electrons. The first-order chi connectivity index (χ1) is 10.8. The number of hydrogen-bond donors (Lipinski definition) is 1. The first-order valence-electron chi connectivity index (χ1n) is 7.66. The van der Waals surface area contributed by atoms with E-state index in [1.54, 1.807) is 4.68 Å². The Morgan fingerprint density at radius 1 is 1.27 bits per heavy atom. The smallest absolute Gasteiger partial charge is 0.254 e. The summed E-state index contributed by atoms with van der Waals surface area (Å²) < 4.78 is 1.60. The summed E-state index contributed by atoms with van der Waals surface area (Å²) in [7, 11) is 0. The molecule has 2 heterocycles. The van der Waals surface area contributed by atoms with Gasteiger partial charge in [-0.05, 0) is 36.1 Å². The first-order valence-corrected chi connectivity index (χ1v) is 8.48. The Morgan fingerprint density at radius 2 is 2.09 bits per heavy atom. The number of tetrazole rings is 1. The second-order valence-electron chi connectivity index (χ2n) is 6.02. The zero-order valence-electron chi connectivity index (χ0n) is 12.1. The van der Waals surface area contributed by atoms with Gasteiger partial charge in [-0.25, -0.2) is 4.68 Å². The van der Waals surface area contributed by atoms with Crippen LogP contribution >= 0.6 is 11.3 Å². The predicted octanol–water partition coefficient (Wildman–Crippen LogP) is 1.70. The standard InChI is InChI=1S/C13H17N7OS/c21-11(15-12-17-16-10(22-12)9-4-5-9)13(6-2-1-3-7-13)20-8-14-18-19-20/h8-9H,1-7H2,(H,15,17,21). The molecular weight excluding hydrogens is 302 g/mol. The molecule has 0 atom stereocenters. The third kappa shape index (κ3) is 2.39. The lowest BCUT2D eigenvalue weighted by Crippen LogP contribution is -2.47. The molecule has 2 aliphatic rings. The largest absolute Gasteiger partial charge is 0.298 e. The Bertz CT molecular complexity index is 658. The van der Waals surface area contributed by atoms with Gasteiger partial charge in [0, 0.05) is 5.92 Å². The highest BCUT2D eigenvalue weighted by molar-refractivity contribution is 7.15. The molecule has 0 spiro atoms. The van der Waals surface area contributed by atoms with Crippen molar-refractivity contribution in [1.29, 1.82) is 0 Å². The van der Waals surface area contributed by atoms with Gasteiger partial charge in [-0.1, -0.05) is 30.6 Å². The zero-order valence-corrected chi connectivity index (χ0v) is 12.9. The van der Waals surface area contributed by atoms with Gasteiger partial charge >= 0.3 is 0 Å². The Morgan fingerprint density at radius 3 is 2.77 bits per heavy atom. The summed E-state index contributed by atoms with van der Waals surface area (Å²) in [5.41, 5.74) is -0.701. The van der Waals surface area contributed by atoms with E-state index in [9.17, 15) is 4.79 Å². The van der Waals surface area contributed by atoms with Crippen LogP contribution < -0.4 is 5.32 Å². The molecule has 9 heteroatoms. The second kappa shape index (κ2) is 5.38. The van der Waals surface area contributed by atoms with Gasteiger partial charge in [0.1, 0.15) is 16.9 Å². The number of anilines is 1. The van der Waals surface area contributed by atoms with Crippen molar-refractivity contribution in [2.24, 2.45) is 0 Å². The number of amides is 1. The predicted molar refractivity (Wildman–Crippen MR) is 79.4 cm³/mol. The van der Waals surface area contributed by atoms with Crippen LogP contribution in [0.15, 0.2) is 6.33 Å². The van der Waals surface area contributed by atoms with Crippen LogP contribution in [0.4, 0.5) is 5.13 Å². The molecule has 0 bridgehead atoms. The molecule has 0 unspecified atom stereocenters. The van der Waals surface area contributed by atoms with E-state index in [1.165, 1.54) is 30.5 Å². The van der Waals surface area contributed by atoms with E-state index in [0.29, 0.717) is 11.0 Å². The fourth-order valence-corrected chi connectivity index (χ4v) is 3.96. The summed E-state index contributed by atoms with van der Waals surface area (Å²) in [5, 5.41) is 24.2. The van der Waals surface area contributed by atoms with Gasteiger partial charge < -0.3 is 0 Å². The molecular formula is C13H17N7OS. The van der Waals surface area contributed by atoms with Crippen LogP contribution in [0, 0.1) is 0 Å². The fraction of sp³-hybridized carbons (Fsp3) is 0.692. The molecule has 2 fully saturated rings. The zero-order chi connectivity index (χ0) is 15.0. The number of hydrogen-bond acceptors (Lipinski definition) is 7. The third-order valence-corrected chi connectivity index (χ3v) is 5.48. The number of carbonyl (C=O) groups is 1.